The third-order valence-corrected chi connectivity index (χ3v) is 6.64. The highest BCUT2D eigenvalue weighted by Crippen LogP contribution is 2.32. The highest BCUT2D eigenvalue weighted by molar-refractivity contribution is 7.99. The zero-order valence-corrected chi connectivity index (χ0v) is 22.2. The number of aryl methyl sites for hydroxylation is 2. The van der Waals surface area contributed by atoms with Gasteiger partial charge in [-0.1, -0.05) is 13.3 Å². The van der Waals surface area contributed by atoms with Crippen LogP contribution in [0.3, 0.4) is 0 Å². The van der Waals surface area contributed by atoms with Crippen molar-refractivity contribution >= 4 is 23.8 Å². The number of ether oxygens (including phenoxy) is 2. The number of benzene rings is 1. The molecule has 1 aromatic carbocycles. The SMILES string of the molecule is CCCc1cc(OC(=O)C2CCN(C(=O)CC(C)(C)SN=O)CC2)c(C)cc1OCCN(C)C. The molecule has 0 atom stereocenters. The number of piperidine rings is 1. The van der Waals surface area contributed by atoms with Crippen molar-refractivity contribution in [1.82, 2.24) is 9.80 Å². The van der Waals surface area contributed by atoms with Crippen molar-refractivity contribution in [3.05, 3.63) is 28.2 Å². The van der Waals surface area contributed by atoms with Gasteiger partial charge < -0.3 is 19.3 Å². The predicted octanol–water partition coefficient (Wildman–Crippen LogP) is 4.62. The van der Waals surface area contributed by atoms with Gasteiger partial charge in [0.05, 0.1) is 5.92 Å². The Kier molecular flexibility index (Phi) is 10.8. The lowest BCUT2D eigenvalue weighted by Gasteiger charge is -2.32. The molecule has 1 amide bonds. The minimum atomic E-state index is -0.537. The van der Waals surface area contributed by atoms with Crippen molar-refractivity contribution < 1.29 is 19.1 Å². The third-order valence-electron chi connectivity index (χ3n) is 5.93. The Hall–Kier alpha value is -2.13. The van der Waals surface area contributed by atoms with E-state index in [9.17, 15) is 14.5 Å². The van der Waals surface area contributed by atoms with Crippen LogP contribution in [0, 0.1) is 17.7 Å². The van der Waals surface area contributed by atoms with Crippen LogP contribution in [0.5, 0.6) is 11.5 Å². The molecular formula is C25H39N3O5S. The molecular weight excluding hydrogens is 454 g/mol. The maximum absolute atomic E-state index is 12.9. The normalized spacial score (nSPS) is 14.9. The van der Waals surface area contributed by atoms with Gasteiger partial charge in [-0.3, -0.25) is 9.59 Å². The minimum absolute atomic E-state index is 0.0159. The van der Waals surface area contributed by atoms with E-state index in [-0.39, 0.29) is 24.2 Å². The maximum atomic E-state index is 12.9. The lowest BCUT2D eigenvalue weighted by molar-refractivity contribution is -0.143. The molecule has 190 valence electrons. The van der Waals surface area contributed by atoms with Crippen molar-refractivity contribution in [2.24, 2.45) is 10.5 Å². The number of hydrogen-bond acceptors (Lipinski definition) is 8. The number of likely N-dealkylation sites (tertiary alicyclic amines) is 1. The smallest absolute Gasteiger partial charge is 0.314 e. The topological polar surface area (TPSA) is 88.5 Å². The Bertz CT molecular complexity index is 851. The molecule has 0 unspecified atom stereocenters. The quantitative estimate of drug-likeness (QED) is 0.182. The second-order valence-corrected chi connectivity index (χ2v) is 11.2. The Morgan fingerprint density at radius 1 is 1.21 bits per heavy atom. The molecule has 0 saturated carbocycles. The zero-order chi connectivity index (χ0) is 25.3. The summed E-state index contributed by atoms with van der Waals surface area (Å²) in [7, 11) is 4.02. The molecule has 0 radical (unpaired) electrons. The number of esters is 1. The summed E-state index contributed by atoms with van der Waals surface area (Å²) in [4.78, 5) is 39.9. The van der Waals surface area contributed by atoms with E-state index in [2.05, 4.69) is 16.4 Å². The number of likely N-dealkylation sites (N-methyl/N-ethyl adjacent to an activating group) is 1. The fraction of sp³-hybridized carbons (Fsp3) is 0.680. The van der Waals surface area contributed by atoms with Crippen LogP contribution in [0.1, 0.15) is 57.6 Å². The molecule has 1 fully saturated rings. The summed E-state index contributed by atoms with van der Waals surface area (Å²) in [5.41, 5.74) is 1.91. The Balaban J connectivity index is 1.97. The van der Waals surface area contributed by atoms with E-state index in [0.717, 1.165) is 48.2 Å². The molecule has 9 heteroatoms. The number of hydrogen-bond donors (Lipinski definition) is 0. The molecule has 0 aromatic heterocycles. The summed E-state index contributed by atoms with van der Waals surface area (Å²) in [5, 5.41) is 0. The number of nitrogens with zero attached hydrogens (tertiary/aromatic N) is 3. The lowest BCUT2D eigenvalue weighted by Crippen LogP contribution is -2.42. The molecule has 34 heavy (non-hydrogen) atoms. The molecule has 0 bridgehead atoms. The van der Waals surface area contributed by atoms with Gasteiger partial charge in [0.1, 0.15) is 18.1 Å². The Morgan fingerprint density at radius 2 is 1.88 bits per heavy atom. The summed E-state index contributed by atoms with van der Waals surface area (Å²) in [6.07, 6.45) is 3.18. The summed E-state index contributed by atoms with van der Waals surface area (Å²) in [6, 6.07) is 3.89. The summed E-state index contributed by atoms with van der Waals surface area (Å²) >= 11 is 0.882. The van der Waals surface area contributed by atoms with Gasteiger partial charge in [-0.2, -0.15) is 0 Å². The Labute approximate surface area is 207 Å². The molecule has 1 aromatic rings. The van der Waals surface area contributed by atoms with Crippen LogP contribution in [-0.4, -0.2) is 66.8 Å². The molecule has 0 aliphatic carbocycles. The highest BCUT2D eigenvalue weighted by Gasteiger charge is 2.32. The number of nitroso groups, excluding NO2 is 1. The van der Waals surface area contributed by atoms with Gasteiger partial charge in [0.15, 0.2) is 0 Å². The summed E-state index contributed by atoms with van der Waals surface area (Å²) in [6.45, 7) is 10.1. The van der Waals surface area contributed by atoms with Crippen LogP contribution in [-0.2, 0) is 16.0 Å². The second-order valence-electron chi connectivity index (χ2n) is 9.81. The van der Waals surface area contributed by atoms with E-state index in [1.807, 2.05) is 47.0 Å². The van der Waals surface area contributed by atoms with E-state index < -0.39 is 4.75 Å². The van der Waals surface area contributed by atoms with Crippen LogP contribution in [0.25, 0.3) is 0 Å². The molecule has 1 aliphatic heterocycles. The molecule has 8 nitrogen and oxygen atoms in total. The van der Waals surface area contributed by atoms with E-state index in [4.69, 9.17) is 9.47 Å². The van der Waals surface area contributed by atoms with Crippen LogP contribution in [0.2, 0.25) is 0 Å². The van der Waals surface area contributed by atoms with Crippen LogP contribution >= 0.6 is 11.9 Å². The van der Waals surface area contributed by atoms with Gasteiger partial charge in [-0.25, -0.2) is 0 Å². The maximum Gasteiger partial charge on any atom is 0.314 e. The number of rotatable bonds is 12. The molecule has 1 aliphatic rings. The first kappa shape index (κ1) is 28.1. The van der Waals surface area contributed by atoms with Crippen molar-refractivity contribution in [2.75, 3.05) is 40.3 Å². The van der Waals surface area contributed by atoms with Gasteiger partial charge in [-0.15, -0.1) is 4.91 Å². The number of carbonyl (C=O) groups excluding carboxylic acids is 2. The van der Waals surface area contributed by atoms with E-state index in [1.165, 1.54) is 0 Å². The van der Waals surface area contributed by atoms with Crippen molar-refractivity contribution in [3.63, 3.8) is 0 Å². The van der Waals surface area contributed by atoms with Crippen LogP contribution in [0.15, 0.2) is 16.7 Å². The van der Waals surface area contributed by atoms with Crippen molar-refractivity contribution in [3.8, 4) is 11.5 Å². The van der Waals surface area contributed by atoms with Crippen LogP contribution < -0.4 is 9.47 Å². The summed E-state index contributed by atoms with van der Waals surface area (Å²) in [5.74, 6) is 0.914. The second kappa shape index (κ2) is 13.1. The lowest BCUT2D eigenvalue weighted by atomic mass is 9.96. The monoisotopic (exact) mass is 493 g/mol. The van der Waals surface area contributed by atoms with Crippen molar-refractivity contribution in [2.45, 2.75) is 64.5 Å². The van der Waals surface area contributed by atoms with Gasteiger partial charge in [-0.05, 0) is 77.4 Å². The van der Waals surface area contributed by atoms with Gasteiger partial charge >= 0.3 is 5.97 Å². The van der Waals surface area contributed by atoms with E-state index >= 15 is 0 Å². The first-order chi connectivity index (χ1) is 16.1. The van der Waals surface area contributed by atoms with Crippen LogP contribution in [0.4, 0.5) is 0 Å². The predicted molar refractivity (Wildman–Crippen MR) is 136 cm³/mol. The minimum Gasteiger partial charge on any atom is -0.492 e. The highest BCUT2D eigenvalue weighted by atomic mass is 32.2. The Morgan fingerprint density at radius 3 is 2.47 bits per heavy atom. The van der Waals surface area contributed by atoms with Gasteiger partial charge in [0, 0.05) is 47.3 Å². The number of carbonyl (C=O) groups is 2. The molecule has 2 rings (SSSR count). The fourth-order valence-electron chi connectivity index (χ4n) is 3.92. The number of amides is 1. The average molecular weight is 494 g/mol. The first-order valence-electron chi connectivity index (χ1n) is 12.0. The largest absolute Gasteiger partial charge is 0.492 e. The molecule has 1 heterocycles. The van der Waals surface area contributed by atoms with E-state index in [0.29, 0.717) is 38.3 Å². The molecule has 1 saturated heterocycles. The van der Waals surface area contributed by atoms with Gasteiger partial charge in [0.2, 0.25) is 5.91 Å². The van der Waals surface area contributed by atoms with Gasteiger partial charge in [0.25, 0.3) is 0 Å². The summed E-state index contributed by atoms with van der Waals surface area (Å²) < 4.78 is 14.1. The zero-order valence-electron chi connectivity index (χ0n) is 21.4. The first-order valence-corrected chi connectivity index (χ1v) is 12.7. The average Bonchev–Trinajstić information content (AvgIpc) is 2.76. The van der Waals surface area contributed by atoms with Crippen molar-refractivity contribution in [1.29, 1.82) is 0 Å². The van der Waals surface area contributed by atoms with E-state index in [1.54, 1.807) is 4.90 Å². The molecule has 0 N–H and O–H groups in total. The standard InChI is InChI=1S/C25H39N3O5S/c1-7-8-20-16-21(18(2)15-22(20)32-14-13-27(5)6)33-24(30)19-9-11-28(12-10-19)23(29)17-25(3,4)34-26-31/h15-16,19H,7-14,17H2,1-6H3. The third kappa shape index (κ3) is 8.58. The molecule has 0 spiro atoms. The fourth-order valence-corrected chi connectivity index (χ4v) is 4.31.